The molecule has 2 amide bonds. The molecule has 0 unspecified atom stereocenters. The molecule has 0 aliphatic rings. The molecule has 0 aliphatic carbocycles. The van der Waals surface area contributed by atoms with Gasteiger partial charge in [0.2, 0.25) is 5.91 Å². The van der Waals surface area contributed by atoms with E-state index in [2.05, 4.69) is 10.6 Å². The molecule has 0 aromatic heterocycles. The zero-order valence-electron chi connectivity index (χ0n) is 16.9. The number of nitrogens with one attached hydrogen (secondary N) is 2. The summed E-state index contributed by atoms with van der Waals surface area (Å²) in [6.07, 6.45) is -1.48. The van der Waals surface area contributed by atoms with Crippen LogP contribution in [0.2, 0.25) is 0 Å². The van der Waals surface area contributed by atoms with Crippen LogP contribution < -0.4 is 15.4 Å². The van der Waals surface area contributed by atoms with Crippen LogP contribution in [0, 0.1) is 0 Å². The topological polar surface area (TPSA) is 67.4 Å². The molecule has 0 saturated carbocycles. The Labute approximate surface area is 182 Å². The molecule has 5 nitrogen and oxygen atoms in total. The van der Waals surface area contributed by atoms with Gasteiger partial charge in [-0.05, 0) is 66.2 Å². The lowest BCUT2D eigenvalue weighted by atomic mass is 10.1. The van der Waals surface area contributed by atoms with Crippen LogP contribution in [0.3, 0.4) is 0 Å². The van der Waals surface area contributed by atoms with Crippen molar-refractivity contribution in [3.8, 4) is 5.75 Å². The fraction of sp³-hybridized carbons (Fsp3) is 0.0833. The van der Waals surface area contributed by atoms with Crippen molar-refractivity contribution in [1.82, 2.24) is 0 Å². The van der Waals surface area contributed by atoms with Crippen molar-refractivity contribution in [3.05, 3.63) is 95.6 Å². The molecule has 0 heterocycles. The molecule has 0 bridgehead atoms. The van der Waals surface area contributed by atoms with Crippen LogP contribution in [0.25, 0.3) is 6.08 Å². The third kappa shape index (κ3) is 6.21. The number of carbonyl (C=O) groups is 2. The highest BCUT2D eigenvalue weighted by atomic mass is 19.4. The summed E-state index contributed by atoms with van der Waals surface area (Å²) in [6, 6.07) is 17.5. The minimum absolute atomic E-state index is 0.0332. The Bertz CT molecular complexity index is 1120. The quantitative estimate of drug-likeness (QED) is 0.489. The summed E-state index contributed by atoms with van der Waals surface area (Å²) in [5, 5.41) is 5.10. The van der Waals surface area contributed by atoms with Gasteiger partial charge in [0, 0.05) is 23.0 Å². The van der Waals surface area contributed by atoms with Crippen LogP contribution in [0.15, 0.2) is 78.9 Å². The number of anilines is 2. The number of halogens is 3. The van der Waals surface area contributed by atoms with E-state index >= 15 is 0 Å². The summed E-state index contributed by atoms with van der Waals surface area (Å²) < 4.78 is 43.5. The van der Waals surface area contributed by atoms with Crippen LogP contribution in [0.1, 0.15) is 21.5 Å². The summed E-state index contributed by atoms with van der Waals surface area (Å²) in [6.45, 7) is 0. The number of rotatable bonds is 6. The zero-order valence-corrected chi connectivity index (χ0v) is 16.9. The predicted octanol–water partition coefficient (Wildman–Crippen LogP) is 5.62. The van der Waals surface area contributed by atoms with Crippen LogP contribution in [-0.4, -0.2) is 18.9 Å². The summed E-state index contributed by atoms with van der Waals surface area (Å²) in [5.74, 6) is -0.215. The largest absolute Gasteiger partial charge is 0.497 e. The average molecular weight is 440 g/mol. The zero-order chi connectivity index (χ0) is 23.1. The van der Waals surface area contributed by atoms with E-state index in [1.807, 2.05) is 0 Å². The first kappa shape index (κ1) is 22.6. The van der Waals surface area contributed by atoms with E-state index in [0.717, 1.165) is 17.7 Å². The Kier molecular flexibility index (Phi) is 6.94. The first-order valence-corrected chi connectivity index (χ1v) is 9.46. The number of alkyl halides is 3. The molecule has 3 aromatic carbocycles. The van der Waals surface area contributed by atoms with Gasteiger partial charge in [-0.1, -0.05) is 18.2 Å². The fourth-order valence-electron chi connectivity index (χ4n) is 2.75. The van der Waals surface area contributed by atoms with Gasteiger partial charge in [0.05, 0.1) is 12.7 Å². The highest BCUT2D eigenvalue weighted by Crippen LogP contribution is 2.30. The van der Waals surface area contributed by atoms with E-state index in [0.29, 0.717) is 11.4 Å². The summed E-state index contributed by atoms with van der Waals surface area (Å²) in [7, 11) is 1.57. The SMILES string of the molecule is COc1ccc(/C=C/C(=O)Nc2ccc(C(=O)Nc3cccc(C(F)(F)F)c3)cc2)cc1. The second-order valence-corrected chi connectivity index (χ2v) is 6.71. The van der Waals surface area contributed by atoms with Gasteiger partial charge in [-0.15, -0.1) is 0 Å². The van der Waals surface area contributed by atoms with E-state index < -0.39 is 17.6 Å². The lowest BCUT2D eigenvalue weighted by Crippen LogP contribution is -2.13. The second kappa shape index (κ2) is 9.82. The number of ether oxygens (including phenoxy) is 1. The lowest BCUT2D eigenvalue weighted by Gasteiger charge is -2.10. The van der Waals surface area contributed by atoms with Gasteiger partial charge in [0.15, 0.2) is 0 Å². The van der Waals surface area contributed by atoms with Gasteiger partial charge in [0.1, 0.15) is 5.75 Å². The average Bonchev–Trinajstić information content (AvgIpc) is 2.78. The van der Waals surface area contributed by atoms with E-state index in [4.69, 9.17) is 4.74 Å². The van der Waals surface area contributed by atoms with Crippen LogP contribution in [-0.2, 0) is 11.0 Å². The maximum Gasteiger partial charge on any atom is 0.416 e. The first-order valence-electron chi connectivity index (χ1n) is 9.46. The highest BCUT2D eigenvalue weighted by molar-refractivity contribution is 6.05. The van der Waals surface area contributed by atoms with Crippen molar-refractivity contribution in [1.29, 1.82) is 0 Å². The first-order chi connectivity index (χ1) is 15.2. The maximum absolute atomic E-state index is 12.8. The molecule has 164 valence electrons. The summed E-state index contributed by atoms with van der Waals surface area (Å²) >= 11 is 0. The Balaban J connectivity index is 1.58. The van der Waals surface area contributed by atoms with Crippen molar-refractivity contribution in [2.24, 2.45) is 0 Å². The molecule has 0 fully saturated rings. The van der Waals surface area contributed by atoms with E-state index in [1.54, 1.807) is 37.5 Å². The molecule has 8 heteroatoms. The molecular weight excluding hydrogens is 421 g/mol. The van der Waals surface area contributed by atoms with Gasteiger partial charge >= 0.3 is 6.18 Å². The fourth-order valence-corrected chi connectivity index (χ4v) is 2.75. The summed E-state index contributed by atoms with van der Waals surface area (Å²) in [4.78, 5) is 24.4. The molecule has 2 N–H and O–H groups in total. The minimum atomic E-state index is -4.50. The third-order valence-electron chi connectivity index (χ3n) is 4.41. The van der Waals surface area contributed by atoms with Gasteiger partial charge in [-0.25, -0.2) is 0 Å². The lowest BCUT2D eigenvalue weighted by molar-refractivity contribution is -0.137. The van der Waals surface area contributed by atoms with Gasteiger partial charge in [-0.2, -0.15) is 13.2 Å². The molecule has 0 atom stereocenters. The minimum Gasteiger partial charge on any atom is -0.497 e. The van der Waals surface area contributed by atoms with Crippen LogP contribution in [0.4, 0.5) is 24.5 Å². The van der Waals surface area contributed by atoms with Gasteiger partial charge in [-0.3, -0.25) is 9.59 Å². The van der Waals surface area contributed by atoms with E-state index in [-0.39, 0.29) is 17.2 Å². The van der Waals surface area contributed by atoms with Crippen LogP contribution in [0.5, 0.6) is 5.75 Å². The Morgan fingerprint density at radius 1 is 0.875 bits per heavy atom. The highest BCUT2D eigenvalue weighted by Gasteiger charge is 2.30. The predicted molar refractivity (Wildman–Crippen MR) is 116 cm³/mol. The van der Waals surface area contributed by atoms with Crippen molar-refractivity contribution < 1.29 is 27.5 Å². The van der Waals surface area contributed by atoms with Gasteiger partial charge in [0.25, 0.3) is 5.91 Å². The Morgan fingerprint density at radius 3 is 2.19 bits per heavy atom. The maximum atomic E-state index is 12.8. The van der Waals surface area contributed by atoms with Crippen molar-refractivity contribution >= 4 is 29.3 Å². The standard InChI is InChI=1S/C24H19F3N2O3/c1-32-21-12-5-16(6-13-21)7-14-22(30)28-19-10-8-17(9-11-19)23(31)29-20-4-2-3-18(15-20)24(25,26)27/h2-15H,1H3,(H,28,30)(H,29,31)/b14-7+. The Morgan fingerprint density at radius 2 is 1.56 bits per heavy atom. The number of hydrogen-bond acceptors (Lipinski definition) is 3. The number of benzene rings is 3. The molecule has 3 rings (SSSR count). The molecule has 3 aromatic rings. The number of carbonyl (C=O) groups excluding carboxylic acids is 2. The molecule has 32 heavy (non-hydrogen) atoms. The van der Waals surface area contributed by atoms with Crippen molar-refractivity contribution in [2.45, 2.75) is 6.18 Å². The van der Waals surface area contributed by atoms with Crippen molar-refractivity contribution in [2.75, 3.05) is 17.7 Å². The number of hydrogen-bond donors (Lipinski definition) is 2. The van der Waals surface area contributed by atoms with Crippen molar-refractivity contribution in [3.63, 3.8) is 0 Å². The molecule has 0 saturated heterocycles. The summed E-state index contributed by atoms with van der Waals surface area (Å²) in [5.41, 5.74) is 0.698. The van der Waals surface area contributed by atoms with Crippen LogP contribution >= 0.6 is 0 Å². The number of amides is 2. The smallest absolute Gasteiger partial charge is 0.416 e. The second-order valence-electron chi connectivity index (χ2n) is 6.71. The molecule has 0 spiro atoms. The molecule has 0 radical (unpaired) electrons. The number of methoxy groups -OCH3 is 1. The normalized spacial score (nSPS) is 11.2. The van der Waals surface area contributed by atoms with E-state index in [1.165, 1.54) is 42.5 Å². The van der Waals surface area contributed by atoms with E-state index in [9.17, 15) is 22.8 Å². The molecular formula is C24H19F3N2O3. The van der Waals surface area contributed by atoms with Gasteiger partial charge < -0.3 is 15.4 Å². The monoisotopic (exact) mass is 440 g/mol. The third-order valence-corrected chi connectivity index (χ3v) is 4.41. The molecule has 0 aliphatic heterocycles. The Hall–Kier alpha value is -4.07.